The minimum Gasteiger partial charge on any atom is -0.382 e. The molecule has 54 valence electrons. The Kier molecular flexibility index (Phi) is 4.32. The van der Waals surface area contributed by atoms with Gasteiger partial charge in [0.25, 0.3) is 0 Å². The van der Waals surface area contributed by atoms with Crippen LogP contribution in [-0.4, -0.2) is 19.0 Å². The van der Waals surface area contributed by atoms with E-state index in [1.807, 2.05) is 6.92 Å². The summed E-state index contributed by atoms with van der Waals surface area (Å²) in [4.78, 5) is 10.4. The zero-order valence-corrected chi connectivity index (χ0v) is 6.31. The summed E-state index contributed by atoms with van der Waals surface area (Å²) < 4.78 is 4.95. The van der Waals surface area contributed by atoms with E-state index < -0.39 is 0 Å². The average Bonchev–Trinajstić information content (AvgIpc) is 1.83. The Morgan fingerprint density at radius 1 is 1.67 bits per heavy atom. The molecule has 0 spiro atoms. The number of Topliss-reactive ketones (excluding diaryl/α,β-unsaturated/α-hetero) is 1. The first-order valence-electron chi connectivity index (χ1n) is 3.19. The van der Waals surface area contributed by atoms with Gasteiger partial charge in [0.2, 0.25) is 0 Å². The van der Waals surface area contributed by atoms with Gasteiger partial charge < -0.3 is 9.53 Å². The molecule has 0 heterocycles. The lowest BCUT2D eigenvalue weighted by Gasteiger charge is -2.05. The van der Waals surface area contributed by atoms with Gasteiger partial charge in [0.1, 0.15) is 5.78 Å². The van der Waals surface area contributed by atoms with Crippen LogP contribution in [0.25, 0.3) is 0 Å². The van der Waals surface area contributed by atoms with Crippen molar-refractivity contribution in [3.05, 3.63) is 0 Å². The fraction of sp³-hybridized carbons (Fsp3) is 0.857. The molecule has 0 aliphatic heterocycles. The largest absolute Gasteiger partial charge is 0.382 e. The molecule has 1 atom stereocenters. The number of carbonyl (C=O) groups is 1. The van der Waals surface area contributed by atoms with E-state index in [9.17, 15) is 4.79 Å². The molecule has 0 unspecified atom stereocenters. The van der Waals surface area contributed by atoms with Crippen molar-refractivity contribution in [3.63, 3.8) is 0 Å². The van der Waals surface area contributed by atoms with Crippen molar-refractivity contribution in [2.45, 2.75) is 32.8 Å². The molecule has 2 nitrogen and oxygen atoms in total. The van der Waals surface area contributed by atoms with Crippen LogP contribution in [-0.2, 0) is 9.53 Å². The Hall–Kier alpha value is -0.370. The number of carbonyl (C=O) groups excluding carboxylic acids is 1. The van der Waals surface area contributed by atoms with Gasteiger partial charge in [-0.2, -0.15) is 0 Å². The van der Waals surface area contributed by atoms with Crippen molar-refractivity contribution in [3.8, 4) is 0 Å². The molecule has 0 aliphatic rings. The van der Waals surface area contributed by atoms with E-state index in [-0.39, 0.29) is 11.9 Å². The average molecular weight is 130 g/mol. The Morgan fingerprint density at radius 3 is 2.56 bits per heavy atom. The highest BCUT2D eigenvalue weighted by molar-refractivity contribution is 5.75. The van der Waals surface area contributed by atoms with Crippen molar-refractivity contribution in [2.24, 2.45) is 0 Å². The molecule has 9 heavy (non-hydrogen) atoms. The van der Waals surface area contributed by atoms with Crippen LogP contribution in [0.4, 0.5) is 0 Å². The standard InChI is InChI=1S/C7H14O2/c1-6(8)4-5-7(2)9-3/h7H,4-5H2,1-3H3/t7-/m1/s1. The number of methoxy groups -OCH3 is 1. The highest BCUT2D eigenvalue weighted by atomic mass is 16.5. The predicted molar refractivity (Wildman–Crippen MR) is 36.4 cm³/mol. The van der Waals surface area contributed by atoms with Crippen molar-refractivity contribution < 1.29 is 9.53 Å². The van der Waals surface area contributed by atoms with E-state index >= 15 is 0 Å². The molecule has 0 aromatic rings. The van der Waals surface area contributed by atoms with Crippen LogP contribution in [0.2, 0.25) is 0 Å². The molecule has 0 N–H and O–H groups in total. The van der Waals surface area contributed by atoms with Gasteiger partial charge >= 0.3 is 0 Å². The molecule has 0 aromatic heterocycles. The van der Waals surface area contributed by atoms with Gasteiger partial charge in [-0.25, -0.2) is 0 Å². The lowest BCUT2D eigenvalue weighted by Crippen LogP contribution is -2.06. The molecular weight excluding hydrogens is 116 g/mol. The molecule has 0 fully saturated rings. The molecule has 0 bridgehead atoms. The van der Waals surface area contributed by atoms with Crippen molar-refractivity contribution in [2.75, 3.05) is 7.11 Å². The number of hydrogen-bond acceptors (Lipinski definition) is 2. The first-order valence-corrected chi connectivity index (χ1v) is 3.19. The molecule has 2 heteroatoms. The highest BCUT2D eigenvalue weighted by Gasteiger charge is 1.99. The summed E-state index contributed by atoms with van der Waals surface area (Å²) in [6.45, 7) is 3.56. The smallest absolute Gasteiger partial charge is 0.129 e. The second-order valence-electron chi connectivity index (χ2n) is 2.29. The highest BCUT2D eigenvalue weighted by Crippen LogP contribution is 1.99. The molecule has 0 radical (unpaired) electrons. The summed E-state index contributed by atoms with van der Waals surface area (Å²) in [5.74, 6) is 0.235. The van der Waals surface area contributed by atoms with Gasteiger partial charge in [-0.3, -0.25) is 0 Å². The third-order valence-corrected chi connectivity index (χ3v) is 1.31. The lowest BCUT2D eigenvalue weighted by atomic mass is 10.2. The zero-order valence-electron chi connectivity index (χ0n) is 6.31. The van der Waals surface area contributed by atoms with Crippen molar-refractivity contribution >= 4 is 5.78 Å². The molecule has 0 aliphatic carbocycles. The normalized spacial score (nSPS) is 13.2. The van der Waals surface area contributed by atoms with E-state index in [1.54, 1.807) is 14.0 Å². The minimum atomic E-state index is 0.217. The Labute approximate surface area is 56.2 Å². The van der Waals surface area contributed by atoms with Gasteiger partial charge in [0.15, 0.2) is 0 Å². The maximum absolute atomic E-state index is 10.4. The van der Waals surface area contributed by atoms with Crippen LogP contribution in [0.15, 0.2) is 0 Å². The van der Waals surface area contributed by atoms with E-state index in [4.69, 9.17) is 4.74 Å². The second-order valence-corrected chi connectivity index (χ2v) is 2.29. The molecule has 0 saturated carbocycles. The maximum atomic E-state index is 10.4. The first kappa shape index (κ1) is 8.63. The van der Waals surface area contributed by atoms with Gasteiger partial charge in [-0.1, -0.05) is 0 Å². The summed E-state index contributed by atoms with van der Waals surface area (Å²) in [5.41, 5.74) is 0. The van der Waals surface area contributed by atoms with Crippen LogP contribution < -0.4 is 0 Å². The number of rotatable bonds is 4. The summed E-state index contributed by atoms with van der Waals surface area (Å²) in [6.07, 6.45) is 1.69. The SMILES string of the molecule is CO[C@H](C)CCC(C)=O. The Bertz CT molecular complexity index is 88.9. The zero-order chi connectivity index (χ0) is 7.28. The summed E-state index contributed by atoms with van der Waals surface area (Å²) in [6, 6.07) is 0. The predicted octanol–water partition coefficient (Wildman–Crippen LogP) is 1.39. The van der Waals surface area contributed by atoms with Gasteiger partial charge in [-0.05, 0) is 20.3 Å². The summed E-state index contributed by atoms with van der Waals surface area (Å²) >= 11 is 0. The Morgan fingerprint density at radius 2 is 2.22 bits per heavy atom. The van der Waals surface area contributed by atoms with Crippen LogP contribution in [0.3, 0.4) is 0 Å². The fourth-order valence-corrected chi connectivity index (χ4v) is 0.524. The molecular formula is C7H14O2. The number of ether oxygens (including phenoxy) is 1. The topological polar surface area (TPSA) is 26.3 Å². The van der Waals surface area contributed by atoms with E-state index in [0.29, 0.717) is 6.42 Å². The fourth-order valence-electron chi connectivity index (χ4n) is 0.524. The molecule has 0 saturated heterocycles. The van der Waals surface area contributed by atoms with Gasteiger partial charge in [0.05, 0.1) is 6.10 Å². The monoisotopic (exact) mass is 130 g/mol. The minimum absolute atomic E-state index is 0.217. The van der Waals surface area contributed by atoms with Crippen LogP contribution in [0.5, 0.6) is 0 Å². The van der Waals surface area contributed by atoms with Crippen molar-refractivity contribution in [1.29, 1.82) is 0 Å². The van der Waals surface area contributed by atoms with E-state index in [1.165, 1.54) is 0 Å². The van der Waals surface area contributed by atoms with E-state index in [0.717, 1.165) is 6.42 Å². The van der Waals surface area contributed by atoms with Gasteiger partial charge in [0, 0.05) is 13.5 Å². The molecule has 0 amide bonds. The van der Waals surface area contributed by atoms with Crippen LogP contribution in [0.1, 0.15) is 26.7 Å². The summed E-state index contributed by atoms with van der Waals surface area (Å²) in [5, 5.41) is 0. The summed E-state index contributed by atoms with van der Waals surface area (Å²) in [7, 11) is 1.66. The Balaban J connectivity index is 3.16. The van der Waals surface area contributed by atoms with Crippen molar-refractivity contribution in [1.82, 2.24) is 0 Å². The maximum Gasteiger partial charge on any atom is 0.129 e. The third-order valence-electron chi connectivity index (χ3n) is 1.31. The quantitative estimate of drug-likeness (QED) is 0.574. The number of ketones is 1. The third kappa shape index (κ3) is 5.50. The lowest BCUT2D eigenvalue weighted by molar-refractivity contribution is -0.117. The van der Waals surface area contributed by atoms with Crippen LogP contribution in [0, 0.1) is 0 Å². The first-order chi connectivity index (χ1) is 4.16. The number of hydrogen-bond donors (Lipinski definition) is 0. The van der Waals surface area contributed by atoms with Crippen LogP contribution >= 0.6 is 0 Å². The van der Waals surface area contributed by atoms with E-state index in [2.05, 4.69) is 0 Å². The van der Waals surface area contributed by atoms with Gasteiger partial charge in [-0.15, -0.1) is 0 Å². The molecule has 0 rings (SSSR count). The second kappa shape index (κ2) is 4.50. The molecule has 0 aromatic carbocycles.